The Balaban J connectivity index is 1.80. The van der Waals surface area contributed by atoms with E-state index in [2.05, 4.69) is 41.3 Å². The van der Waals surface area contributed by atoms with Crippen LogP contribution in [-0.2, 0) is 4.79 Å². The molecule has 0 N–H and O–H groups in total. The Bertz CT molecular complexity index is 947. The van der Waals surface area contributed by atoms with E-state index in [9.17, 15) is 4.79 Å². The van der Waals surface area contributed by atoms with Gasteiger partial charge in [0.25, 0.3) is 0 Å². The summed E-state index contributed by atoms with van der Waals surface area (Å²) < 4.78 is 7.12. The molecule has 6 nitrogen and oxygen atoms in total. The van der Waals surface area contributed by atoms with Crippen molar-refractivity contribution in [3.8, 4) is 5.75 Å². The average Bonchev–Trinajstić information content (AvgIpc) is 3.17. The van der Waals surface area contributed by atoms with Crippen molar-refractivity contribution >= 4 is 11.9 Å². The van der Waals surface area contributed by atoms with Gasteiger partial charge in [0.2, 0.25) is 11.9 Å². The van der Waals surface area contributed by atoms with Crippen LogP contribution in [0.2, 0.25) is 0 Å². The third-order valence-electron chi connectivity index (χ3n) is 5.12. The molecule has 0 radical (unpaired) electrons. The van der Waals surface area contributed by atoms with Gasteiger partial charge >= 0.3 is 0 Å². The standard InChI is InChI=1S/C21H22N4O2/c1-14-4-6-17(7-5-14)20-12-19(16-8-10-18(27-3)11-9-16)24(15(2)26)21-22-13-23-25(20)21/h4-11,13,19-20H,12H2,1-3H3/t19-,20-/m0/s1. The van der Waals surface area contributed by atoms with Gasteiger partial charge in [-0.05, 0) is 36.6 Å². The summed E-state index contributed by atoms with van der Waals surface area (Å²) in [5.74, 6) is 1.33. The first-order chi connectivity index (χ1) is 13.1. The van der Waals surface area contributed by atoms with Crippen LogP contribution < -0.4 is 9.64 Å². The first-order valence-electron chi connectivity index (χ1n) is 8.98. The normalized spacial score (nSPS) is 18.9. The van der Waals surface area contributed by atoms with Crippen molar-refractivity contribution in [2.24, 2.45) is 0 Å². The third-order valence-corrected chi connectivity index (χ3v) is 5.12. The largest absolute Gasteiger partial charge is 0.497 e. The van der Waals surface area contributed by atoms with Crippen molar-refractivity contribution in [3.05, 3.63) is 71.5 Å². The van der Waals surface area contributed by atoms with E-state index in [-0.39, 0.29) is 18.0 Å². The number of fused-ring (bicyclic) bond motifs is 1. The zero-order valence-corrected chi connectivity index (χ0v) is 15.7. The molecule has 2 aromatic carbocycles. The highest BCUT2D eigenvalue weighted by molar-refractivity contribution is 5.90. The molecular weight excluding hydrogens is 340 g/mol. The maximum absolute atomic E-state index is 12.5. The van der Waals surface area contributed by atoms with Gasteiger partial charge in [0, 0.05) is 6.92 Å². The molecule has 0 saturated heterocycles. The number of aryl methyl sites for hydroxylation is 1. The Hall–Kier alpha value is -3.15. The molecule has 1 aliphatic heterocycles. The van der Waals surface area contributed by atoms with Crippen LogP contribution >= 0.6 is 0 Å². The Labute approximate surface area is 158 Å². The lowest BCUT2D eigenvalue weighted by Crippen LogP contribution is -2.41. The quantitative estimate of drug-likeness (QED) is 0.713. The average molecular weight is 362 g/mol. The minimum absolute atomic E-state index is 0.0193. The first kappa shape index (κ1) is 17.3. The van der Waals surface area contributed by atoms with Gasteiger partial charge in [-0.1, -0.05) is 42.0 Å². The molecule has 138 valence electrons. The zero-order chi connectivity index (χ0) is 19.0. The number of carbonyl (C=O) groups excluding carboxylic acids is 1. The van der Waals surface area contributed by atoms with Crippen LogP contribution in [0.4, 0.5) is 5.95 Å². The number of hydrogen-bond acceptors (Lipinski definition) is 4. The van der Waals surface area contributed by atoms with Crippen molar-refractivity contribution in [2.75, 3.05) is 12.0 Å². The molecule has 1 aliphatic rings. The fourth-order valence-electron chi connectivity index (χ4n) is 3.73. The molecule has 0 spiro atoms. The van der Waals surface area contributed by atoms with Crippen LogP contribution in [0.5, 0.6) is 5.75 Å². The van der Waals surface area contributed by atoms with E-state index in [1.54, 1.807) is 18.9 Å². The molecular formula is C21H22N4O2. The maximum atomic E-state index is 12.5. The Kier molecular flexibility index (Phi) is 4.39. The lowest BCUT2D eigenvalue weighted by Gasteiger charge is -2.38. The van der Waals surface area contributed by atoms with Gasteiger partial charge in [-0.2, -0.15) is 10.1 Å². The van der Waals surface area contributed by atoms with Gasteiger partial charge in [-0.15, -0.1) is 0 Å². The molecule has 0 fully saturated rings. The van der Waals surface area contributed by atoms with Crippen molar-refractivity contribution in [2.45, 2.75) is 32.4 Å². The number of carbonyl (C=O) groups is 1. The number of benzene rings is 2. The minimum Gasteiger partial charge on any atom is -0.497 e. The van der Waals surface area contributed by atoms with E-state index in [1.807, 2.05) is 28.9 Å². The van der Waals surface area contributed by atoms with Gasteiger partial charge < -0.3 is 4.74 Å². The fourth-order valence-corrected chi connectivity index (χ4v) is 3.73. The number of anilines is 1. The van der Waals surface area contributed by atoms with Crippen LogP contribution in [0.1, 0.15) is 42.1 Å². The molecule has 6 heteroatoms. The van der Waals surface area contributed by atoms with Crippen molar-refractivity contribution in [3.63, 3.8) is 0 Å². The van der Waals surface area contributed by atoms with Crippen LogP contribution in [0.25, 0.3) is 0 Å². The maximum Gasteiger partial charge on any atom is 0.231 e. The number of rotatable bonds is 3. The summed E-state index contributed by atoms with van der Waals surface area (Å²) in [4.78, 5) is 18.6. The van der Waals surface area contributed by atoms with Gasteiger partial charge in [-0.25, -0.2) is 4.68 Å². The molecule has 0 bridgehead atoms. The van der Waals surface area contributed by atoms with E-state index in [4.69, 9.17) is 4.74 Å². The molecule has 0 saturated carbocycles. The molecule has 27 heavy (non-hydrogen) atoms. The van der Waals surface area contributed by atoms with Gasteiger partial charge in [0.1, 0.15) is 12.1 Å². The first-order valence-corrected chi connectivity index (χ1v) is 8.98. The van der Waals surface area contributed by atoms with Crippen LogP contribution in [0, 0.1) is 6.92 Å². The summed E-state index contributed by atoms with van der Waals surface area (Å²) in [7, 11) is 1.65. The van der Waals surface area contributed by atoms with E-state index < -0.39 is 0 Å². The molecule has 0 unspecified atom stereocenters. The monoisotopic (exact) mass is 362 g/mol. The fraction of sp³-hybridized carbons (Fsp3) is 0.286. The van der Waals surface area contributed by atoms with Crippen molar-refractivity contribution < 1.29 is 9.53 Å². The van der Waals surface area contributed by atoms with Crippen molar-refractivity contribution in [1.29, 1.82) is 0 Å². The second-order valence-electron chi connectivity index (χ2n) is 6.84. The Morgan fingerprint density at radius 1 is 1.04 bits per heavy atom. The topological polar surface area (TPSA) is 60.2 Å². The number of methoxy groups -OCH3 is 1. The van der Waals surface area contributed by atoms with E-state index in [0.29, 0.717) is 5.95 Å². The lowest BCUT2D eigenvalue weighted by molar-refractivity contribution is -0.117. The SMILES string of the molecule is COc1ccc([C@@H]2C[C@@H](c3ccc(C)cc3)n3ncnc3N2C(C)=O)cc1. The summed E-state index contributed by atoms with van der Waals surface area (Å²) in [6.07, 6.45) is 2.24. The van der Waals surface area contributed by atoms with Crippen LogP contribution in [0.15, 0.2) is 54.9 Å². The van der Waals surface area contributed by atoms with E-state index in [0.717, 1.165) is 23.3 Å². The Morgan fingerprint density at radius 3 is 2.30 bits per heavy atom. The molecule has 4 rings (SSSR count). The number of amides is 1. The summed E-state index contributed by atoms with van der Waals surface area (Å²) in [5.41, 5.74) is 3.43. The zero-order valence-electron chi connectivity index (χ0n) is 15.7. The smallest absolute Gasteiger partial charge is 0.231 e. The molecule has 1 aromatic heterocycles. The summed E-state index contributed by atoms with van der Waals surface area (Å²) in [6, 6.07) is 16.2. The highest BCUT2D eigenvalue weighted by atomic mass is 16.5. The molecule has 3 aromatic rings. The number of ether oxygens (including phenoxy) is 1. The summed E-state index contributed by atoms with van der Waals surface area (Å²) in [5, 5.41) is 4.42. The minimum atomic E-state index is -0.114. The molecule has 0 aliphatic carbocycles. The predicted molar refractivity (Wildman–Crippen MR) is 103 cm³/mol. The van der Waals surface area contributed by atoms with Crippen LogP contribution in [0.3, 0.4) is 0 Å². The number of hydrogen-bond donors (Lipinski definition) is 0. The summed E-state index contributed by atoms with van der Waals surface area (Å²) >= 11 is 0. The van der Waals surface area contributed by atoms with Crippen molar-refractivity contribution in [1.82, 2.24) is 14.8 Å². The third kappa shape index (κ3) is 3.07. The molecule has 2 atom stereocenters. The predicted octanol–water partition coefficient (Wildman–Crippen LogP) is 3.68. The number of aromatic nitrogens is 3. The molecule has 2 heterocycles. The van der Waals surface area contributed by atoms with Gasteiger partial charge in [-0.3, -0.25) is 9.69 Å². The Morgan fingerprint density at radius 2 is 1.67 bits per heavy atom. The summed E-state index contributed by atoms with van der Waals surface area (Å²) in [6.45, 7) is 3.64. The number of nitrogens with zero attached hydrogens (tertiary/aromatic N) is 4. The lowest BCUT2D eigenvalue weighted by atomic mass is 9.91. The van der Waals surface area contributed by atoms with E-state index in [1.165, 1.54) is 11.9 Å². The van der Waals surface area contributed by atoms with E-state index >= 15 is 0 Å². The van der Waals surface area contributed by atoms with Gasteiger partial charge in [0.05, 0.1) is 19.2 Å². The highest BCUT2D eigenvalue weighted by Gasteiger charge is 2.38. The second kappa shape index (κ2) is 6.87. The second-order valence-corrected chi connectivity index (χ2v) is 6.84. The highest BCUT2D eigenvalue weighted by Crippen LogP contribution is 2.42. The van der Waals surface area contributed by atoms with Crippen LogP contribution in [-0.4, -0.2) is 27.8 Å². The molecule has 1 amide bonds. The van der Waals surface area contributed by atoms with Gasteiger partial charge in [0.15, 0.2) is 0 Å².